The van der Waals surface area contributed by atoms with E-state index in [0.29, 0.717) is 0 Å². The Bertz CT molecular complexity index is 599. The van der Waals surface area contributed by atoms with Crippen LogP contribution in [0.5, 0.6) is 0 Å². The predicted molar refractivity (Wildman–Crippen MR) is 88.7 cm³/mol. The van der Waals surface area contributed by atoms with E-state index in [1.807, 2.05) is 61.5 Å². The molecular weight excluding hydrogens is 280 g/mol. The topological polar surface area (TPSA) is 32.3 Å². The summed E-state index contributed by atoms with van der Waals surface area (Å²) in [5, 5.41) is 2.48. The van der Waals surface area contributed by atoms with Gasteiger partial charge in [-0.25, -0.2) is 0 Å². The molecule has 0 saturated carbocycles. The van der Waals surface area contributed by atoms with Crippen LogP contribution in [0, 0.1) is 6.07 Å². The van der Waals surface area contributed by atoms with Gasteiger partial charge in [0.05, 0.1) is 0 Å². The summed E-state index contributed by atoms with van der Waals surface area (Å²) in [6, 6.07) is 18.7. The monoisotopic (exact) mass is 299 g/mol. The number of hydrogen-bond donors (Lipinski definition) is 1. The number of hydrogen-bond acceptors (Lipinski definition) is 3. The van der Waals surface area contributed by atoms with Crippen LogP contribution in [0.25, 0.3) is 0 Å². The second kappa shape index (κ2) is 7.18. The summed E-state index contributed by atoms with van der Waals surface area (Å²) in [5.74, 6) is 0.00346. The van der Waals surface area contributed by atoms with Crippen molar-refractivity contribution >= 4 is 23.4 Å². The molecule has 1 N–H and O–H groups in total. The molecule has 0 aromatic heterocycles. The highest BCUT2D eigenvalue weighted by atomic mass is 32.2. The second-order valence-corrected chi connectivity index (χ2v) is 6.02. The predicted octanol–water partition coefficient (Wildman–Crippen LogP) is 3.13. The Morgan fingerprint density at radius 2 is 1.95 bits per heavy atom. The van der Waals surface area contributed by atoms with Gasteiger partial charge < -0.3 is 10.2 Å². The first-order valence-corrected chi connectivity index (χ1v) is 7.61. The number of benzene rings is 2. The molecule has 0 aliphatic rings. The van der Waals surface area contributed by atoms with E-state index in [-0.39, 0.29) is 11.2 Å². The zero-order chi connectivity index (χ0) is 15.2. The number of rotatable bonds is 5. The van der Waals surface area contributed by atoms with Gasteiger partial charge in [-0.1, -0.05) is 24.3 Å². The van der Waals surface area contributed by atoms with E-state index in [0.717, 1.165) is 16.1 Å². The highest BCUT2D eigenvalue weighted by Crippen LogP contribution is 2.36. The average Bonchev–Trinajstić information content (AvgIpc) is 2.53. The SMILES string of the molecule is CNC(=O)C(Sc1cc[c]cc1)c1cccc(N(C)C)c1. The molecule has 4 heteroatoms. The summed E-state index contributed by atoms with van der Waals surface area (Å²) in [6.45, 7) is 0. The number of thioether (sulfide) groups is 1. The summed E-state index contributed by atoms with van der Waals surface area (Å²) < 4.78 is 0. The molecule has 3 nitrogen and oxygen atoms in total. The Morgan fingerprint density at radius 3 is 2.57 bits per heavy atom. The number of anilines is 1. The maximum atomic E-state index is 12.2. The second-order valence-electron chi connectivity index (χ2n) is 4.84. The fraction of sp³-hybridized carbons (Fsp3) is 0.235. The van der Waals surface area contributed by atoms with E-state index in [2.05, 4.69) is 17.4 Å². The molecule has 0 bridgehead atoms. The van der Waals surface area contributed by atoms with Crippen molar-refractivity contribution in [1.29, 1.82) is 0 Å². The summed E-state index contributed by atoms with van der Waals surface area (Å²) in [6.07, 6.45) is 0. The van der Waals surface area contributed by atoms with Gasteiger partial charge in [-0.15, -0.1) is 11.8 Å². The molecule has 0 heterocycles. The zero-order valence-corrected chi connectivity index (χ0v) is 13.3. The minimum Gasteiger partial charge on any atom is -0.378 e. The van der Waals surface area contributed by atoms with Crippen LogP contribution in [0.1, 0.15) is 10.8 Å². The number of nitrogens with one attached hydrogen (secondary N) is 1. The van der Waals surface area contributed by atoms with Gasteiger partial charge in [0.1, 0.15) is 5.25 Å². The molecule has 1 atom stereocenters. The highest BCUT2D eigenvalue weighted by Gasteiger charge is 2.21. The first kappa shape index (κ1) is 15.4. The van der Waals surface area contributed by atoms with Crippen molar-refractivity contribution in [3.63, 3.8) is 0 Å². The number of amides is 1. The highest BCUT2D eigenvalue weighted by molar-refractivity contribution is 8.00. The van der Waals surface area contributed by atoms with Crippen LogP contribution in [0.15, 0.2) is 53.4 Å². The van der Waals surface area contributed by atoms with Crippen LogP contribution >= 0.6 is 11.8 Å². The van der Waals surface area contributed by atoms with Crippen LogP contribution < -0.4 is 10.2 Å². The van der Waals surface area contributed by atoms with Crippen molar-refractivity contribution < 1.29 is 4.79 Å². The molecule has 0 fully saturated rings. The number of carbonyl (C=O) groups excluding carboxylic acids is 1. The summed E-state index contributed by atoms with van der Waals surface area (Å²) in [4.78, 5) is 15.3. The first-order chi connectivity index (χ1) is 10.1. The number of likely N-dealkylation sites (N-methyl/N-ethyl adjacent to an activating group) is 1. The maximum Gasteiger partial charge on any atom is 0.237 e. The van der Waals surface area contributed by atoms with E-state index in [9.17, 15) is 4.79 Å². The molecular formula is C17H19N2OS. The van der Waals surface area contributed by atoms with Crippen molar-refractivity contribution in [3.05, 3.63) is 60.2 Å². The van der Waals surface area contributed by atoms with Crippen LogP contribution in [0.2, 0.25) is 0 Å². The van der Waals surface area contributed by atoms with Crippen molar-refractivity contribution in [2.24, 2.45) is 0 Å². The van der Waals surface area contributed by atoms with E-state index >= 15 is 0 Å². The lowest BCUT2D eigenvalue weighted by Gasteiger charge is -2.19. The largest absolute Gasteiger partial charge is 0.378 e. The maximum absolute atomic E-state index is 12.2. The third-order valence-corrected chi connectivity index (χ3v) is 4.38. The average molecular weight is 299 g/mol. The third kappa shape index (κ3) is 4.02. The lowest BCUT2D eigenvalue weighted by atomic mass is 10.1. The Kier molecular flexibility index (Phi) is 5.28. The Morgan fingerprint density at radius 1 is 1.24 bits per heavy atom. The van der Waals surface area contributed by atoms with E-state index in [4.69, 9.17) is 0 Å². The van der Waals surface area contributed by atoms with Gasteiger partial charge in [-0.05, 0) is 35.9 Å². The summed E-state index contributed by atoms with van der Waals surface area (Å²) in [7, 11) is 5.66. The summed E-state index contributed by atoms with van der Waals surface area (Å²) in [5.41, 5.74) is 2.08. The molecule has 21 heavy (non-hydrogen) atoms. The Balaban J connectivity index is 2.32. The Labute approximate surface area is 130 Å². The lowest BCUT2D eigenvalue weighted by Crippen LogP contribution is -2.24. The van der Waals surface area contributed by atoms with Gasteiger partial charge in [0.25, 0.3) is 0 Å². The van der Waals surface area contributed by atoms with Crippen molar-refractivity contribution in [1.82, 2.24) is 5.32 Å². The van der Waals surface area contributed by atoms with Gasteiger partial charge in [-0.2, -0.15) is 0 Å². The van der Waals surface area contributed by atoms with Crippen LogP contribution in [0.3, 0.4) is 0 Å². The molecule has 2 aromatic rings. The van der Waals surface area contributed by atoms with Gasteiger partial charge in [0.2, 0.25) is 5.91 Å². The third-order valence-electron chi connectivity index (χ3n) is 3.12. The fourth-order valence-corrected chi connectivity index (χ4v) is 3.03. The molecule has 0 aliphatic heterocycles. The van der Waals surface area contributed by atoms with Crippen LogP contribution in [0.4, 0.5) is 5.69 Å². The van der Waals surface area contributed by atoms with E-state index in [1.54, 1.807) is 18.8 Å². The van der Waals surface area contributed by atoms with Gasteiger partial charge >= 0.3 is 0 Å². The van der Waals surface area contributed by atoms with Gasteiger partial charge in [0, 0.05) is 31.7 Å². The van der Waals surface area contributed by atoms with E-state index < -0.39 is 0 Å². The molecule has 1 radical (unpaired) electrons. The molecule has 0 aliphatic carbocycles. The summed E-state index contributed by atoms with van der Waals surface area (Å²) >= 11 is 1.54. The molecule has 1 unspecified atom stereocenters. The molecule has 2 rings (SSSR count). The number of nitrogens with zero attached hydrogens (tertiary/aromatic N) is 1. The van der Waals surface area contributed by atoms with Crippen molar-refractivity contribution in [3.8, 4) is 0 Å². The number of carbonyl (C=O) groups is 1. The minimum atomic E-state index is -0.266. The fourth-order valence-electron chi connectivity index (χ4n) is 1.96. The quantitative estimate of drug-likeness (QED) is 0.861. The molecule has 109 valence electrons. The van der Waals surface area contributed by atoms with E-state index in [1.165, 1.54) is 0 Å². The molecule has 2 aromatic carbocycles. The smallest absolute Gasteiger partial charge is 0.237 e. The Hall–Kier alpha value is -1.94. The van der Waals surface area contributed by atoms with Crippen molar-refractivity contribution in [2.75, 3.05) is 26.0 Å². The minimum absolute atomic E-state index is 0.00346. The standard InChI is InChI=1S/C17H19N2OS/c1-18-17(20)16(21-15-10-5-4-6-11-15)13-8-7-9-14(12-13)19(2)3/h5-12,16H,1-3H3,(H,18,20). The molecule has 0 spiro atoms. The molecule has 1 amide bonds. The first-order valence-electron chi connectivity index (χ1n) is 6.73. The lowest BCUT2D eigenvalue weighted by molar-refractivity contribution is -0.120. The van der Waals surface area contributed by atoms with Crippen LogP contribution in [-0.2, 0) is 4.79 Å². The normalized spacial score (nSPS) is 11.8. The van der Waals surface area contributed by atoms with Crippen LogP contribution in [-0.4, -0.2) is 27.1 Å². The van der Waals surface area contributed by atoms with Gasteiger partial charge in [-0.3, -0.25) is 4.79 Å². The van der Waals surface area contributed by atoms with Crippen molar-refractivity contribution in [2.45, 2.75) is 10.1 Å². The zero-order valence-electron chi connectivity index (χ0n) is 12.5. The van der Waals surface area contributed by atoms with Gasteiger partial charge in [0.15, 0.2) is 0 Å². The molecule has 0 saturated heterocycles.